The first-order valence-electron chi connectivity index (χ1n) is 4.86. The van der Waals surface area contributed by atoms with Crippen molar-refractivity contribution < 1.29 is 22.3 Å². The zero-order valence-corrected chi connectivity index (χ0v) is 10.1. The van der Waals surface area contributed by atoms with E-state index in [0.717, 1.165) is 0 Å². The second kappa shape index (κ2) is 5.48. The Kier molecular flexibility index (Phi) is 4.50. The third-order valence-electron chi connectivity index (χ3n) is 1.68. The summed E-state index contributed by atoms with van der Waals surface area (Å²) < 4.78 is 46.5. The molecule has 0 radical (unpaired) electrons. The van der Waals surface area contributed by atoms with Gasteiger partial charge in [-0.25, -0.2) is 4.79 Å². The van der Waals surface area contributed by atoms with E-state index in [1.54, 1.807) is 0 Å². The summed E-state index contributed by atoms with van der Waals surface area (Å²) >= 11 is -0.518. The highest BCUT2D eigenvalue weighted by molar-refractivity contribution is 8.00. The molecule has 0 amide bonds. The fourth-order valence-electron chi connectivity index (χ4n) is 1.10. The maximum atomic E-state index is 12.3. The topological polar surface area (TPSA) is 39.4 Å². The molecule has 0 aliphatic rings. The van der Waals surface area contributed by atoms with Gasteiger partial charge in [0.2, 0.25) is 0 Å². The molecule has 3 nitrogen and oxygen atoms in total. The normalized spacial score (nSPS) is 11.6. The van der Waals surface area contributed by atoms with E-state index in [1.807, 2.05) is 6.92 Å². The standard InChI is InChI=1S/C10H11F3O3S/c1-3-4-15-7-5-6(2)16-9(14)8(7)17-10(11,12)13/h5H,3-4H2,1-2H3. The van der Waals surface area contributed by atoms with Crippen LogP contribution in [0.4, 0.5) is 13.2 Å². The van der Waals surface area contributed by atoms with Crippen LogP contribution in [0.25, 0.3) is 0 Å². The minimum atomic E-state index is -4.55. The molecular formula is C10H11F3O3S. The van der Waals surface area contributed by atoms with E-state index in [1.165, 1.54) is 13.0 Å². The molecule has 0 aliphatic carbocycles. The summed E-state index contributed by atoms with van der Waals surface area (Å²) in [7, 11) is 0. The molecule has 1 aromatic heterocycles. The maximum Gasteiger partial charge on any atom is 0.446 e. The van der Waals surface area contributed by atoms with Crippen molar-refractivity contribution in [3.8, 4) is 5.75 Å². The van der Waals surface area contributed by atoms with Crippen LogP contribution in [0.5, 0.6) is 5.75 Å². The number of ether oxygens (including phenoxy) is 1. The van der Waals surface area contributed by atoms with Gasteiger partial charge in [0.05, 0.1) is 6.61 Å². The predicted octanol–water partition coefficient (Wildman–Crippen LogP) is 3.35. The largest absolute Gasteiger partial charge is 0.492 e. The molecule has 0 unspecified atom stereocenters. The number of rotatable bonds is 4. The van der Waals surface area contributed by atoms with Crippen molar-refractivity contribution in [1.29, 1.82) is 0 Å². The second-order valence-electron chi connectivity index (χ2n) is 3.23. The summed E-state index contributed by atoms with van der Waals surface area (Å²) in [5.41, 5.74) is -5.58. The molecule has 0 bridgehead atoms. The van der Waals surface area contributed by atoms with Crippen molar-refractivity contribution in [1.82, 2.24) is 0 Å². The Balaban J connectivity index is 3.11. The van der Waals surface area contributed by atoms with Gasteiger partial charge in [-0.05, 0) is 25.1 Å². The summed E-state index contributed by atoms with van der Waals surface area (Å²) in [4.78, 5) is 10.8. The van der Waals surface area contributed by atoms with Gasteiger partial charge in [-0.2, -0.15) is 13.2 Å². The molecule has 0 saturated heterocycles. The Morgan fingerprint density at radius 2 is 2.12 bits per heavy atom. The molecule has 0 N–H and O–H groups in total. The second-order valence-corrected chi connectivity index (χ2v) is 4.31. The monoisotopic (exact) mass is 268 g/mol. The number of aryl methyl sites for hydroxylation is 1. The first-order valence-corrected chi connectivity index (χ1v) is 5.68. The Morgan fingerprint density at radius 3 is 2.65 bits per heavy atom. The summed E-state index contributed by atoms with van der Waals surface area (Å²) in [6.07, 6.45) is 0.634. The Labute approximate surface area is 100.0 Å². The molecule has 0 atom stereocenters. The van der Waals surface area contributed by atoms with Gasteiger partial charge in [-0.15, -0.1) is 0 Å². The molecule has 0 fully saturated rings. The van der Waals surface area contributed by atoms with E-state index < -0.39 is 27.8 Å². The number of hydrogen-bond donors (Lipinski definition) is 0. The quantitative estimate of drug-likeness (QED) is 0.785. The third kappa shape index (κ3) is 4.33. The lowest BCUT2D eigenvalue weighted by atomic mass is 10.4. The average Bonchev–Trinajstić information content (AvgIpc) is 2.18. The van der Waals surface area contributed by atoms with Gasteiger partial charge in [0.1, 0.15) is 16.4 Å². The zero-order valence-electron chi connectivity index (χ0n) is 9.26. The van der Waals surface area contributed by atoms with Gasteiger partial charge in [0.25, 0.3) is 0 Å². The number of hydrogen-bond acceptors (Lipinski definition) is 4. The van der Waals surface area contributed by atoms with Crippen molar-refractivity contribution in [2.45, 2.75) is 30.7 Å². The molecule has 7 heteroatoms. The van der Waals surface area contributed by atoms with Crippen LogP contribution in [0.1, 0.15) is 19.1 Å². The van der Waals surface area contributed by atoms with Gasteiger partial charge in [0.15, 0.2) is 0 Å². The number of thioether (sulfide) groups is 1. The van der Waals surface area contributed by atoms with E-state index in [-0.39, 0.29) is 18.1 Å². The highest BCUT2D eigenvalue weighted by Crippen LogP contribution is 2.39. The lowest BCUT2D eigenvalue weighted by molar-refractivity contribution is -0.0330. The Hall–Kier alpha value is -1.11. The highest BCUT2D eigenvalue weighted by atomic mass is 32.2. The van der Waals surface area contributed by atoms with Crippen LogP contribution < -0.4 is 10.4 Å². The maximum absolute atomic E-state index is 12.3. The van der Waals surface area contributed by atoms with Crippen LogP contribution in [0.2, 0.25) is 0 Å². The SMILES string of the molecule is CCCOc1cc(C)oc(=O)c1SC(F)(F)F. The number of alkyl halides is 3. The fraction of sp³-hybridized carbons (Fsp3) is 0.500. The minimum Gasteiger partial charge on any atom is -0.492 e. The first kappa shape index (κ1) is 14.0. The molecule has 1 aromatic rings. The molecule has 0 saturated carbocycles. The average molecular weight is 268 g/mol. The minimum absolute atomic E-state index is 0.0806. The summed E-state index contributed by atoms with van der Waals surface area (Å²) in [6.45, 7) is 3.53. The summed E-state index contributed by atoms with van der Waals surface area (Å²) in [5, 5.41) is 0. The van der Waals surface area contributed by atoms with Crippen LogP contribution in [0.3, 0.4) is 0 Å². The third-order valence-corrected chi connectivity index (χ3v) is 2.48. The van der Waals surface area contributed by atoms with E-state index in [2.05, 4.69) is 4.42 Å². The molecule has 0 aliphatic heterocycles. The molecule has 1 rings (SSSR count). The molecule has 0 aromatic carbocycles. The Morgan fingerprint density at radius 1 is 1.47 bits per heavy atom. The van der Waals surface area contributed by atoms with Gasteiger partial charge in [-0.1, -0.05) is 6.92 Å². The van der Waals surface area contributed by atoms with Crippen molar-refractivity contribution in [3.63, 3.8) is 0 Å². The molecule has 1 heterocycles. The highest BCUT2D eigenvalue weighted by Gasteiger charge is 2.33. The van der Waals surface area contributed by atoms with Gasteiger partial charge >= 0.3 is 11.1 Å². The van der Waals surface area contributed by atoms with Crippen LogP contribution in [0.15, 0.2) is 20.2 Å². The van der Waals surface area contributed by atoms with Crippen LogP contribution in [-0.2, 0) is 0 Å². The lowest BCUT2D eigenvalue weighted by Crippen LogP contribution is -2.11. The van der Waals surface area contributed by atoms with Crippen LogP contribution in [0, 0.1) is 6.92 Å². The summed E-state index contributed by atoms with van der Waals surface area (Å²) in [6, 6.07) is 1.28. The van der Waals surface area contributed by atoms with E-state index in [0.29, 0.717) is 6.42 Å². The number of halogens is 3. The molecule has 96 valence electrons. The van der Waals surface area contributed by atoms with Crippen LogP contribution >= 0.6 is 11.8 Å². The van der Waals surface area contributed by atoms with Crippen molar-refractivity contribution in [3.05, 3.63) is 22.2 Å². The van der Waals surface area contributed by atoms with Crippen molar-refractivity contribution >= 4 is 11.8 Å². The van der Waals surface area contributed by atoms with E-state index >= 15 is 0 Å². The smallest absolute Gasteiger partial charge is 0.446 e. The predicted molar refractivity (Wildman–Crippen MR) is 57.4 cm³/mol. The van der Waals surface area contributed by atoms with Crippen molar-refractivity contribution in [2.75, 3.05) is 6.61 Å². The van der Waals surface area contributed by atoms with Gasteiger partial charge in [-0.3, -0.25) is 0 Å². The molecular weight excluding hydrogens is 257 g/mol. The fourth-order valence-corrected chi connectivity index (χ4v) is 1.67. The van der Waals surface area contributed by atoms with Crippen molar-refractivity contribution in [2.24, 2.45) is 0 Å². The Bertz CT molecular complexity index is 439. The summed E-state index contributed by atoms with van der Waals surface area (Å²) in [5.74, 6) is 0.135. The molecule has 0 spiro atoms. The lowest BCUT2D eigenvalue weighted by Gasteiger charge is -2.11. The van der Waals surface area contributed by atoms with Gasteiger partial charge < -0.3 is 9.15 Å². The molecule has 17 heavy (non-hydrogen) atoms. The van der Waals surface area contributed by atoms with Gasteiger partial charge in [0, 0.05) is 6.07 Å². The zero-order chi connectivity index (χ0) is 13.1. The first-order chi connectivity index (χ1) is 7.83. The van der Waals surface area contributed by atoms with E-state index in [9.17, 15) is 18.0 Å². The van der Waals surface area contributed by atoms with Crippen LogP contribution in [-0.4, -0.2) is 12.1 Å². The van der Waals surface area contributed by atoms with E-state index in [4.69, 9.17) is 4.74 Å².